The number of aryl methyl sites for hydroxylation is 2. The molecule has 0 amide bonds. The van der Waals surface area contributed by atoms with Gasteiger partial charge >= 0.3 is 0 Å². The zero-order chi connectivity index (χ0) is 14.1. The molecule has 0 bridgehead atoms. The Morgan fingerprint density at radius 1 is 1.00 bits per heavy atom. The summed E-state index contributed by atoms with van der Waals surface area (Å²) in [6, 6.07) is 16.3. The fourth-order valence-electron chi connectivity index (χ4n) is 2.40. The normalized spacial score (nSPS) is 10.7. The van der Waals surface area contributed by atoms with Crippen LogP contribution in [0.15, 0.2) is 53.1 Å². The number of aromatic nitrogens is 1. The van der Waals surface area contributed by atoms with Gasteiger partial charge in [-0.05, 0) is 25.0 Å². The van der Waals surface area contributed by atoms with Crippen LogP contribution in [0.3, 0.4) is 0 Å². The van der Waals surface area contributed by atoms with Crippen LogP contribution in [0.4, 0.5) is 5.88 Å². The van der Waals surface area contributed by atoms with Gasteiger partial charge in [0.2, 0.25) is 5.88 Å². The van der Waals surface area contributed by atoms with Gasteiger partial charge in [0.05, 0.1) is 5.56 Å². The Balaban J connectivity index is 2.23. The third-order valence-electron chi connectivity index (χ3n) is 3.43. The summed E-state index contributed by atoms with van der Waals surface area (Å²) in [4.78, 5) is 0. The van der Waals surface area contributed by atoms with Gasteiger partial charge in [-0.15, -0.1) is 0 Å². The maximum Gasteiger partial charge on any atom is 0.230 e. The number of nitrogens with zero attached hydrogens (tertiary/aromatic N) is 1. The Morgan fingerprint density at radius 3 is 2.55 bits per heavy atom. The van der Waals surface area contributed by atoms with Crippen molar-refractivity contribution < 1.29 is 4.52 Å². The Bertz CT molecular complexity index is 759. The fourth-order valence-corrected chi connectivity index (χ4v) is 2.40. The number of nitrogen functional groups attached to an aromatic ring is 1. The van der Waals surface area contributed by atoms with Crippen LogP contribution in [0.5, 0.6) is 0 Å². The van der Waals surface area contributed by atoms with E-state index in [1.165, 1.54) is 5.56 Å². The zero-order valence-corrected chi connectivity index (χ0v) is 11.6. The first-order chi connectivity index (χ1) is 9.66. The van der Waals surface area contributed by atoms with E-state index in [1.807, 2.05) is 30.3 Å². The smallest absolute Gasteiger partial charge is 0.230 e. The molecule has 0 saturated carbocycles. The zero-order valence-electron chi connectivity index (χ0n) is 11.6. The van der Waals surface area contributed by atoms with Gasteiger partial charge in [0.1, 0.15) is 5.69 Å². The van der Waals surface area contributed by atoms with Crippen LogP contribution in [0, 0.1) is 13.8 Å². The van der Waals surface area contributed by atoms with E-state index in [4.69, 9.17) is 10.3 Å². The van der Waals surface area contributed by atoms with Crippen LogP contribution in [-0.2, 0) is 0 Å². The van der Waals surface area contributed by atoms with E-state index >= 15 is 0 Å². The molecule has 0 spiro atoms. The predicted molar refractivity (Wildman–Crippen MR) is 81.3 cm³/mol. The van der Waals surface area contributed by atoms with Crippen molar-refractivity contribution in [3.63, 3.8) is 0 Å². The SMILES string of the molecule is Cc1cccc(-c2c(-c3ccccc3C)noc2N)c1. The molecule has 2 N–H and O–H groups in total. The summed E-state index contributed by atoms with van der Waals surface area (Å²) >= 11 is 0. The number of rotatable bonds is 2. The topological polar surface area (TPSA) is 52.0 Å². The minimum Gasteiger partial charge on any atom is -0.367 e. The highest BCUT2D eigenvalue weighted by Crippen LogP contribution is 2.37. The molecule has 0 saturated heterocycles. The van der Waals surface area contributed by atoms with Crippen LogP contribution in [-0.4, -0.2) is 5.16 Å². The monoisotopic (exact) mass is 264 g/mol. The van der Waals surface area contributed by atoms with Crippen molar-refractivity contribution in [1.82, 2.24) is 5.16 Å². The van der Waals surface area contributed by atoms with E-state index < -0.39 is 0 Å². The minimum absolute atomic E-state index is 0.355. The molecule has 100 valence electrons. The van der Waals surface area contributed by atoms with Crippen molar-refractivity contribution >= 4 is 5.88 Å². The van der Waals surface area contributed by atoms with Gasteiger partial charge in [-0.3, -0.25) is 0 Å². The molecule has 1 aromatic heterocycles. The summed E-state index contributed by atoms with van der Waals surface area (Å²) in [6.45, 7) is 4.11. The van der Waals surface area contributed by atoms with E-state index in [-0.39, 0.29) is 0 Å². The van der Waals surface area contributed by atoms with Crippen molar-refractivity contribution in [2.45, 2.75) is 13.8 Å². The Labute approximate surface area is 118 Å². The third-order valence-corrected chi connectivity index (χ3v) is 3.43. The van der Waals surface area contributed by atoms with Crippen LogP contribution in [0.2, 0.25) is 0 Å². The predicted octanol–water partition coefficient (Wildman–Crippen LogP) is 4.21. The molecule has 0 atom stereocenters. The van der Waals surface area contributed by atoms with Crippen LogP contribution in [0.1, 0.15) is 11.1 Å². The first-order valence-electron chi connectivity index (χ1n) is 6.55. The molecule has 3 heteroatoms. The third kappa shape index (κ3) is 2.07. The van der Waals surface area contributed by atoms with E-state index in [1.54, 1.807) is 0 Å². The summed E-state index contributed by atoms with van der Waals surface area (Å²) in [6.07, 6.45) is 0. The van der Waals surface area contributed by atoms with Gasteiger partial charge in [0, 0.05) is 5.56 Å². The maximum absolute atomic E-state index is 5.98. The molecule has 3 rings (SSSR count). The number of hydrogen-bond donors (Lipinski definition) is 1. The highest BCUT2D eigenvalue weighted by Gasteiger charge is 2.18. The average Bonchev–Trinajstić information content (AvgIpc) is 2.81. The first kappa shape index (κ1) is 12.5. The minimum atomic E-state index is 0.355. The van der Waals surface area contributed by atoms with Gasteiger partial charge in [0.25, 0.3) is 0 Å². The summed E-state index contributed by atoms with van der Waals surface area (Å²) in [5.41, 5.74) is 12.0. The Morgan fingerprint density at radius 2 is 1.80 bits per heavy atom. The average molecular weight is 264 g/mol. The lowest BCUT2D eigenvalue weighted by Crippen LogP contribution is -1.89. The van der Waals surface area contributed by atoms with Crippen LogP contribution >= 0.6 is 0 Å². The van der Waals surface area contributed by atoms with Crippen LogP contribution < -0.4 is 5.73 Å². The number of anilines is 1. The summed E-state index contributed by atoms with van der Waals surface area (Å²) in [5, 5.41) is 4.15. The van der Waals surface area contributed by atoms with E-state index in [0.717, 1.165) is 27.9 Å². The van der Waals surface area contributed by atoms with E-state index in [9.17, 15) is 0 Å². The summed E-state index contributed by atoms with van der Waals surface area (Å²) in [5.74, 6) is 0.355. The standard InChI is InChI=1S/C17H16N2O/c1-11-6-5-8-13(10-11)15-16(19-20-17(15)18)14-9-4-3-7-12(14)2/h3-10H,18H2,1-2H3. The van der Waals surface area contributed by atoms with E-state index in [0.29, 0.717) is 5.88 Å². The van der Waals surface area contributed by atoms with Crippen molar-refractivity contribution in [3.8, 4) is 22.4 Å². The molecule has 2 aromatic carbocycles. The fraction of sp³-hybridized carbons (Fsp3) is 0.118. The molecule has 0 radical (unpaired) electrons. The Kier molecular flexibility index (Phi) is 3.03. The molecule has 0 aliphatic rings. The van der Waals surface area contributed by atoms with Gasteiger partial charge in [-0.2, -0.15) is 0 Å². The summed E-state index contributed by atoms with van der Waals surface area (Å²) in [7, 11) is 0. The molecule has 0 aliphatic carbocycles. The quantitative estimate of drug-likeness (QED) is 0.754. The van der Waals surface area contributed by atoms with Crippen molar-refractivity contribution in [2.24, 2.45) is 0 Å². The van der Waals surface area contributed by atoms with Crippen molar-refractivity contribution in [1.29, 1.82) is 0 Å². The lowest BCUT2D eigenvalue weighted by Gasteiger charge is -2.06. The lowest BCUT2D eigenvalue weighted by atomic mass is 9.97. The number of nitrogens with two attached hydrogens (primary N) is 1. The molecule has 0 unspecified atom stereocenters. The maximum atomic E-state index is 5.98. The molecule has 3 aromatic rings. The highest BCUT2D eigenvalue weighted by molar-refractivity contribution is 5.87. The van der Waals surface area contributed by atoms with Gasteiger partial charge in [-0.1, -0.05) is 59.3 Å². The molecule has 0 fully saturated rings. The Hall–Kier alpha value is -2.55. The van der Waals surface area contributed by atoms with E-state index in [2.05, 4.69) is 37.2 Å². The largest absolute Gasteiger partial charge is 0.367 e. The van der Waals surface area contributed by atoms with Gasteiger partial charge < -0.3 is 10.3 Å². The molecule has 0 aliphatic heterocycles. The molecular formula is C17H16N2O. The van der Waals surface area contributed by atoms with Gasteiger partial charge in [0.15, 0.2) is 0 Å². The second-order valence-electron chi connectivity index (χ2n) is 4.95. The second kappa shape index (κ2) is 4.85. The molecule has 1 heterocycles. The molecule has 20 heavy (non-hydrogen) atoms. The van der Waals surface area contributed by atoms with Crippen molar-refractivity contribution in [2.75, 3.05) is 5.73 Å². The van der Waals surface area contributed by atoms with Gasteiger partial charge in [-0.25, -0.2) is 0 Å². The first-order valence-corrected chi connectivity index (χ1v) is 6.55. The number of hydrogen-bond acceptors (Lipinski definition) is 3. The molecule has 3 nitrogen and oxygen atoms in total. The number of benzene rings is 2. The molecular weight excluding hydrogens is 248 g/mol. The lowest BCUT2D eigenvalue weighted by molar-refractivity contribution is 0.439. The second-order valence-corrected chi connectivity index (χ2v) is 4.95. The van der Waals surface area contributed by atoms with Crippen molar-refractivity contribution in [3.05, 3.63) is 59.7 Å². The summed E-state index contributed by atoms with van der Waals surface area (Å²) < 4.78 is 5.23. The highest BCUT2D eigenvalue weighted by atomic mass is 16.5. The van der Waals surface area contributed by atoms with Crippen LogP contribution in [0.25, 0.3) is 22.4 Å².